The summed E-state index contributed by atoms with van der Waals surface area (Å²) in [7, 11) is 0. The van der Waals surface area contributed by atoms with Crippen molar-refractivity contribution in [2.75, 3.05) is 18.0 Å². The Morgan fingerprint density at radius 1 is 1.20 bits per heavy atom. The second kappa shape index (κ2) is 7.34. The summed E-state index contributed by atoms with van der Waals surface area (Å²) in [6.45, 7) is 3.44. The zero-order valence-electron chi connectivity index (χ0n) is 14.0. The predicted octanol–water partition coefficient (Wildman–Crippen LogP) is 3.29. The minimum Gasteiger partial charge on any atom is -0.507 e. The van der Waals surface area contributed by atoms with Crippen LogP contribution in [0.1, 0.15) is 35.7 Å². The SMILES string of the molecule is C/C(=N/NC(=O)c1ccccc1O)c1ccc(N2CCCC2)c(F)c1. The fraction of sp³-hybridized carbons (Fsp3) is 0.263. The molecule has 1 amide bonds. The average molecular weight is 341 g/mol. The number of anilines is 1. The van der Waals surface area contributed by atoms with Gasteiger partial charge in [0.05, 0.1) is 17.0 Å². The van der Waals surface area contributed by atoms with Gasteiger partial charge in [-0.1, -0.05) is 18.2 Å². The van der Waals surface area contributed by atoms with Crippen LogP contribution < -0.4 is 10.3 Å². The molecule has 0 spiro atoms. The number of nitrogens with zero attached hydrogens (tertiary/aromatic N) is 2. The van der Waals surface area contributed by atoms with E-state index in [-0.39, 0.29) is 17.1 Å². The molecule has 0 aromatic heterocycles. The second-order valence-corrected chi connectivity index (χ2v) is 6.02. The lowest BCUT2D eigenvalue weighted by atomic mass is 10.1. The van der Waals surface area contributed by atoms with E-state index < -0.39 is 5.91 Å². The number of aromatic hydroxyl groups is 1. The molecule has 1 saturated heterocycles. The zero-order chi connectivity index (χ0) is 17.8. The molecule has 0 atom stereocenters. The van der Waals surface area contributed by atoms with E-state index in [1.165, 1.54) is 18.2 Å². The number of hydrazone groups is 1. The summed E-state index contributed by atoms with van der Waals surface area (Å²) >= 11 is 0. The van der Waals surface area contributed by atoms with Crippen LogP contribution in [0, 0.1) is 5.82 Å². The molecule has 1 fully saturated rings. The molecule has 130 valence electrons. The lowest BCUT2D eigenvalue weighted by Gasteiger charge is -2.18. The van der Waals surface area contributed by atoms with E-state index in [4.69, 9.17) is 0 Å². The molecular formula is C19H20FN3O2. The first kappa shape index (κ1) is 17.0. The van der Waals surface area contributed by atoms with Crippen molar-refractivity contribution in [1.82, 2.24) is 5.43 Å². The van der Waals surface area contributed by atoms with Crippen molar-refractivity contribution >= 4 is 17.3 Å². The van der Waals surface area contributed by atoms with E-state index in [0.717, 1.165) is 25.9 Å². The molecule has 2 aromatic rings. The first-order valence-electron chi connectivity index (χ1n) is 8.24. The fourth-order valence-corrected chi connectivity index (χ4v) is 2.87. The first-order chi connectivity index (χ1) is 12.1. The molecule has 0 saturated carbocycles. The molecule has 1 aliphatic heterocycles. The number of halogens is 1. The van der Waals surface area contributed by atoms with Gasteiger partial charge in [0.15, 0.2) is 0 Å². The Hall–Kier alpha value is -2.89. The highest BCUT2D eigenvalue weighted by atomic mass is 19.1. The van der Waals surface area contributed by atoms with Crippen molar-refractivity contribution in [2.24, 2.45) is 5.10 Å². The third-order valence-corrected chi connectivity index (χ3v) is 4.29. The third-order valence-electron chi connectivity index (χ3n) is 4.29. The van der Waals surface area contributed by atoms with Crippen LogP contribution in [0.3, 0.4) is 0 Å². The standard InChI is InChI=1S/C19H20FN3O2/c1-13(21-22-19(25)15-6-2-3-7-18(15)24)14-8-9-17(16(20)12-14)23-10-4-5-11-23/h2-3,6-9,12,24H,4-5,10-11H2,1H3,(H,22,25)/b21-13-. The van der Waals surface area contributed by atoms with Crippen molar-refractivity contribution in [1.29, 1.82) is 0 Å². The van der Waals surface area contributed by atoms with Crippen molar-refractivity contribution in [3.05, 3.63) is 59.4 Å². The monoisotopic (exact) mass is 341 g/mol. The number of para-hydroxylation sites is 1. The van der Waals surface area contributed by atoms with E-state index in [0.29, 0.717) is 17.0 Å². The number of amides is 1. The van der Waals surface area contributed by atoms with Crippen LogP contribution in [0.4, 0.5) is 10.1 Å². The maximum Gasteiger partial charge on any atom is 0.275 e. The van der Waals surface area contributed by atoms with Crippen LogP contribution in [0.25, 0.3) is 0 Å². The summed E-state index contributed by atoms with van der Waals surface area (Å²) in [4.78, 5) is 14.1. The smallest absolute Gasteiger partial charge is 0.275 e. The van der Waals surface area contributed by atoms with Gasteiger partial charge >= 0.3 is 0 Å². The van der Waals surface area contributed by atoms with Gasteiger partial charge in [0, 0.05) is 18.7 Å². The number of rotatable bonds is 4. The third kappa shape index (κ3) is 3.79. The molecule has 0 unspecified atom stereocenters. The van der Waals surface area contributed by atoms with Crippen LogP contribution in [-0.4, -0.2) is 29.8 Å². The summed E-state index contributed by atoms with van der Waals surface area (Å²) in [5.41, 5.74) is 4.20. The molecule has 0 radical (unpaired) electrons. The number of benzene rings is 2. The van der Waals surface area contributed by atoms with Crippen molar-refractivity contribution < 1.29 is 14.3 Å². The summed E-state index contributed by atoms with van der Waals surface area (Å²) in [6.07, 6.45) is 2.17. The average Bonchev–Trinajstić information content (AvgIpc) is 3.14. The Labute approximate surface area is 145 Å². The Bertz CT molecular complexity index is 814. The molecule has 2 aromatic carbocycles. The zero-order valence-corrected chi connectivity index (χ0v) is 14.0. The number of carbonyl (C=O) groups excluding carboxylic acids is 1. The summed E-state index contributed by atoms with van der Waals surface area (Å²) in [6, 6.07) is 11.2. The number of nitrogens with one attached hydrogen (secondary N) is 1. The largest absolute Gasteiger partial charge is 0.507 e. The molecule has 1 heterocycles. The van der Waals surface area contributed by atoms with Gasteiger partial charge in [-0.05, 0) is 44.0 Å². The highest BCUT2D eigenvalue weighted by Gasteiger charge is 2.16. The summed E-state index contributed by atoms with van der Waals surface area (Å²) in [5, 5.41) is 13.7. The molecular weight excluding hydrogens is 321 g/mol. The number of phenolic OH excluding ortho intramolecular Hbond substituents is 1. The lowest BCUT2D eigenvalue weighted by Crippen LogP contribution is -2.20. The van der Waals surface area contributed by atoms with Gasteiger partial charge in [0.25, 0.3) is 5.91 Å². The van der Waals surface area contributed by atoms with Crippen LogP contribution in [0.15, 0.2) is 47.6 Å². The van der Waals surface area contributed by atoms with E-state index in [2.05, 4.69) is 10.5 Å². The number of phenols is 1. The van der Waals surface area contributed by atoms with Crippen molar-refractivity contribution in [3.63, 3.8) is 0 Å². The van der Waals surface area contributed by atoms with Gasteiger partial charge in [0.1, 0.15) is 11.6 Å². The maximum absolute atomic E-state index is 14.4. The Kier molecular flexibility index (Phi) is 4.97. The van der Waals surface area contributed by atoms with Gasteiger partial charge in [0.2, 0.25) is 0 Å². The molecule has 6 heteroatoms. The molecule has 2 N–H and O–H groups in total. The Morgan fingerprint density at radius 2 is 1.92 bits per heavy atom. The molecule has 1 aliphatic rings. The van der Waals surface area contributed by atoms with Gasteiger partial charge < -0.3 is 10.0 Å². The molecule has 5 nitrogen and oxygen atoms in total. The van der Waals surface area contributed by atoms with Crippen LogP contribution >= 0.6 is 0 Å². The molecule has 0 bridgehead atoms. The topological polar surface area (TPSA) is 64.9 Å². The number of hydrogen-bond donors (Lipinski definition) is 2. The van der Waals surface area contributed by atoms with Gasteiger partial charge in [-0.3, -0.25) is 4.79 Å². The summed E-state index contributed by atoms with van der Waals surface area (Å²) in [5.74, 6) is -0.929. The number of hydrogen-bond acceptors (Lipinski definition) is 4. The van der Waals surface area contributed by atoms with Gasteiger partial charge in [-0.2, -0.15) is 5.10 Å². The summed E-state index contributed by atoms with van der Waals surface area (Å²) < 4.78 is 14.4. The normalized spacial score (nSPS) is 14.6. The lowest BCUT2D eigenvalue weighted by molar-refractivity contribution is 0.0952. The van der Waals surface area contributed by atoms with Gasteiger partial charge in [-0.25, -0.2) is 9.82 Å². The second-order valence-electron chi connectivity index (χ2n) is 6.02. The first-order valence-corrected chi connectivity index (χ1v) is 8.24. The van der Waals surface area contributed by atoms with Crippen molar-refractivity contribution in [2.45, 2.75) is 19.8 Å². The quantitative estimate of drug-likeness (QED) is 0.662. The van der Waals surface area contributed by atoms with Crippen molar-refractivity contribution in [3.8, 4) is 5.75 Å². The minimum absolute atomic E-state index is 0.117. The minimum atomic E-state index is -0.522. The molecule has 0 aliphatic carbocycles. The maximum atomic E-state index is 14.4. The highest BCUT2D eigenvalue weighted by molar-refractivity contribution is 6.01. The predicted molar refractivity (Wildman–Crippen MR) is 95.6 cm³/mol. The Balaban J connectivity index is 1.73. The van der Waals surface area contributed by atoms with E-state index in [1.54, 1.807) is 31.2 Å². The molecule has 25 heavy (non-hydrogen) atoms. The van der Waals surface area contributed by atoms with Gasteiger partial charge in [-0.15, -0.1) is 0 Å². The fourth-order valence-electron chi connectivity index (χ4n) is 2.87. The van der Waals surface area contributed by atoms with Crippen LogP contribution in [0.5, 0.6) is 5.75 Å². The van der Waals surface area contributed by atoms with Crippen LogP contribution in [0.2, 0.25) is 0 Å². The Morgan fingerprint density at radius 3 is 2.60 bits per heavy atom. The van der Waals surface area contributed by atoms with E-state index in [9.17, 15) is 14.3 Å². The van der Waals surface area contributed by atoms with Crippen LogP contribution in [-0.2, 0) is 0 Å². The highest BCUT2D eigenvalue weighted by Crippen LogP contribution is 2.24. The molecule has 3 rings (SSSR count). The number of carbonyl (C=O) groups is 1. The van der Waals surface area contributed by atoms with E-state index in [1.807, 2.05) is 4.90 Å². The van der Waals surface area contributed by atoms with E-state index >= 15 is 0 Å².